The highest BCUT2D eigenvalue weighted by Gasteiger charge is 2.30. The van der Waals surface area contributed by atoms with Gasteiger partial charge in [0.15, 0.2) is 4.77 Å². The van der Waals surface area contributed by atoms with Crippen molar-refractivity contribution in [2.75, 3.05) is 5.75 Å². The van der Waals surface area contributed by atoms with Gasteiger partial charge in [-0.2, -0.15) is 11.8 Å². The lowest BCUT2D eigenvalue weighted by atomic mass is 10.1. The van der Waals surface area contributed by atoms with Crippen molar-refractivity contribution in [3.63, 3.8) is 0 Å². The Morgan fingerprint density at radius 2 is 2.53 bits per heavy atom. The van der Waals surface area contributed by atoms with Gasteiger partial charge in [0.05, 0.1) is 17.2 Å². The first-order chi connectivity index (χ1) is 8.18. The van der Waals surface area contributed by atoms with Crippen molar-refractivity contribution in [2.24, 2.45) is 0 Å². The SMILES string of the molecule is CC1(Cn2c(=S)[nH]c3cnccc32)CCCS1. The van der Waals surface area contributed by atoms with Gasteiger partial charge in [-0.15, -0.1) is 0 Å². The molecule has 0 amide bonds. The van der Waals surface area contributed by atoms with Crippen LogP contribution in [0.4, 0.5) is 0 Å². The molecule has 2 aromatic heterocycles. The van der Waals surface area contributed by atoms with Gasteiger partial charge in [0, 0.05) is 17.5 Å². The van der Waals surface area contributed by atoms with E-state index in [2.05, 4.69) is 33.2 Å². The fourth-order valence-electron chi connectivity index (χ4n) is 2.46. The van der Waals surface area contributed by atoms with Gasteiger partial charge in [-0.05, 0) is 43.8 Å². The summed E-state index contributed by atoms with van der Waals surface area (Å²) in [5.74, 6) is 1.27. The molecule has 3 nitrogen and oxygen atoms in total. The number of H-pyrrole nitrogens is 1. The Bertz CT molecular complexity index is 593. The van der Waals surface area contributed by atoms with Crippen LogP contribution < -0.4 is 0 Å². The van der Waals surface area contributed by atoms with E-state index in [0.717, 1.165) is 16.8 Å². The summed E-state index contributed by atoms with van der Waals surface area (Å²) >= 11 is 7.47. The van der Waals surface area contributed by atoms with Gasteiger partial charge >= 0.3 is 0 Å². The van der Waals surface area contributed by atoms with Gasteiger partial charge in [0.2, 0.25) is 0 Å². The van der Waals surface area contributed by atoms with Crippen molar-refractivity contribution in [2.45, 2.75) is 31.1 Å². The third-order valence-corrected chi connectivity index (χ3v) is 5.21. The predicted octanol–water partition coefficient (Wildman–Crippen LogP) is 3.38. The van der Waals surface area contributed by atoms with Gasteiger partial charge in [0.25, 0.3) is 0 Å². The van der Waals surface area contributed by atoms with E-state index in [0.29, 0.717) is 4.75 Å². The standard InChI is InChI=1S/C12H15N3S2/c1-12(4-2-6-17-12)8-15-10-3-5-13-7-9(10)14-11(15)16/h3,5,7H,2,4,6,8H2,1H3,(H,14,16). The smallest absolute Gasteiger partial charge is 0.178 e. The van der Waals surface area contributed by atoms with Crippen molar-refractivity contribution in [3.8, 4) is 0 Å². The predicted molar refractivity (Wildman–Crippen MR) is 75.0 cm³/mol. The number of hydrogen-bond donors (Lipinski definition) is 1. The molecule has 3 heterocycles. The van der Waals surface area contributed by atoms with Crippen molar-refractivity contribution < 1.29 is 0 Å². The second kappa shape index (κ2) is 4.14. The van der Waals surface area contributed by atoms with E-state index in [-0.39, 0.29) is 0 Å². The zero-order valence-electron chi connectivity index (χ0n) is 9.77. The van der Waals surface area contributed by atoms with Crippen molar-refractivity contribution in [1.29, 1.82) is 0 Å². The molecular weight excluding hydrogens is 250 g/mol. The Morgan fingerprint density at radius 3 is 3.29 bits per heavy atom. The number of hydrogen-bond acceptors (Lipinski definition) is 3. The molecule has 1 atom stereocenters. The van der Waals surface area contributed by atoms with Crippen molar-refractivity contribution >= 4 is 35.0 Å². The van der Waals surface area contributed by atoms with E-state index < -0.39 is 0 Å². The Morgan fingerprint density at radius 1 is 1.65 bits per heavy atom. The maximum Gasteiger partial charge on any atom is 0.178 e. The topological polar surface area (TPSA) is 33.6 Å². The molecule has 0 radical (unpaired) electrons. The number of nitrogens with one attached hydrogen (secondary N) is 1. The second-order valence-electron chi connectivity index (χ2n) is 4.81. The lowest BCUT2D eigenvalue weighted by molar-refractivity contribution is 0.515. The van der Waals surface area contributed by atoms with E-state index in [4.69, 9.17) is 12.2 Å². The largest absolute Gasteiger partial charge is 0.329 e. The molecule has 0 bridgehead atoms. The lowest BCUT2D eigenvalue weighted by Crippen LogP contribution is -2.23. The molecule has 1 fully saturated rings. The molecule has 5 heteroatoms. The van der Waals surface area contributed by atoms with E-state index in [9.17, 15) is 0 Å². The maximum absolute atomic E-state index is 5.41. The molecule has 0 aromatic carbocycles. The summed E-state index contributed by atoms with van der Waals surface area (Å²) in [6.07, 6.45) is 6.26. The summed E-state index contributed by atoms with van der Waals surface area (Å²) in [6, 6.07) is 2.03. The molecule has 1 N–H and O–H groups in total. The molecule has 1 aliphatic rings. The van der Waals surface area contributed by atoms with Crippen molar-refractivity contribution in [3.05, 3.63) is 23.2 Å². The normalized spacial score (nSPS) is 24.5. The summed E-state index contributed by atoms with van der Waals surface area (Å²) in [5, 5.41) is 0. The van der Waals surface area contributed by atoms with Gasteiger partial charge in [-0.1, -0.05) is 0 Å². The Hall–Kier alpha value is -0.810. The molecule has 1 unspecified atom stereocenters. The Kier molecular flexibility index (Phi) is 2.75. The van der Waals surface area contributed by atoms with Crippen molar-refractivity contribution in [1.82, 2.24) is 14.5 Å². The van der Waals surface area contributed by atoms with E-state index in [1.807, 2.05) is 18.5 Å². The highest BCUT2D eigenvalue weighted by atomic mass is 32.2. The summed E-state index contributed by atoms with van der Waals surface area (Å²) in [4.78, 5) is 7.34. The van der Waals surface area contributed by atoms with Crippen LogP contribution in [-0.4, -0.2) is 25.0 Å². The lowest BCUT2D eigenvalue weighted by Gasteiger charge is -2.23. The van der Waals surface area contributed by atoms with Crippen LogP contribution in [-0.2, 0) is 6.54 Å². The molecule has 90 valence electrons. The minimum absolute atomic E-state index is 0.330. The number of thioether (sulfide) groups is 1. The first-order valence-electron chi connectivity index (χ1n) is 5.84. The molecule has 2 aromatic rings. The Balaban J connectivity index is 2.05. The van der Waals surface area contributed by atoms with Crippen LogP contribution in [0.2, 0.25) is 0 Å². The molecule has 1 aliphatic heterocycles. The average Bonchev–Trinajstić information content (AvgIpc) is 2.86. The Labute approximate surface area is 110 Å². The first kappa shape index (κ1) is 11.3. The summed E-state index contributed by atoms with van der Waals surface area (Å²) in [6.45, 7) is 3.33. The van der Waals surface area contributed by atoms with Gasteiger partial charge in [-0.3, -0.25) is 4.98 Å². The first-order valence-corrected chi connectivity index (χ1v) is 7.24. The minimum Gasteiger partial charge on any atom is -0.329 e. The van der Waals surface area contributed by atoms with Crippen LogP contribution in [0, 0.1) is 4.77 Å². The number of pyridine rings is 1. The zero-order chi connectivity index (χ0) is 11.9. The molecule has 0 spiro atoms. The third kappa shape index (κ3) is 2.02. The summed E-state index contributed by atoms with van der Waals surface area (Å²) in [7, 11) is 0. The molecule has 1 saturated heterocycles. The van der Waals surface area contributed by atoms with Crippen LogP contribution in [0.5, 0.6) is 0 Å². The fourth-order valence-corrected chi connectivity index (χ4v) is 4.03. The summed E-state index contributed by atoms with van der Waals surface area (Å²) < 4.78 is 3.35. The zero-order valence-corrected chi connectivity index (χ0v) is 11.4. The van der Waals surface area contributed by atoms with Gasteiger partial charge < -0.3 is 9.55 Å². The van der Waals surface area contributed by atoms with Gasteiger partial charge in [-0.25, -0.2) is 0 Å². The number of aromatic nitrogens is 3. The highest BCUT2D eigenvalue weighted by Crippen LogP contribution is 2.39. The van der Waals surface area contributed by atoms with Crippen LogP contribution in [0.3, 0.4) is 0 Å². The molecular formula is C12H15N3S2. The van der Waals surface area contributed by atoms with E-state index in [1.165, 1.54) is 24.1 Å². The summed E-state index contributed by atoms with van der Waals surface area (Å²) in [5.41, 5.74) is 2.20. The number of fused-ring (bicyclic) bond motifs is 1. The molecule has 0 aliphatic carbocycles. The fraction of sp³-hybridized carbons (Fsp3) is 0.500. The van der Waals surface area contributed by atoms with Crippen LogP contribution in [0.1, 0.15) is 19.8 Å². The molecule has 17 heavy (non-hydrogen) atoms. The number of aromatic amines is 1. The number of nitrogens with zero attached hydrogens (tertiary/aromatic N) is 2. The van der Waals surface area contributed by atoms with Crippen LogP contribution >= 0.6 is 24.0 Å². The number of rotatable bonds is 2. The van der Waals surface area contributed by atoms with E-state index in [1.54, 1.807) is 0 Å². The quantitative estimate of drug-likeness (QED) is 0.845. The molecule has 3 rings (SSSR count). The second-order valence-corrected chi connectivity index (χ2v) is 6.88. The third-order valence-electron chi connectivity index (χ3n) is 3.37. The van der Waals surface area contributed by atoms with E-state index >= 15 is 0 Å². The number of imidazole rings is 1. The van der Waals surface area contributed by atoms with Crippen LogP contribution in [0.25, 0.3) is 11.0 Å². The monoisotopic (exact) mass is 265 g/mol. The van der Waals surface area contributed by atoms with Gasteiger partial charge in [0.1, 0.15) is 0 Å². The van der Waals surface area contributed by atoms with Crippen LogP contribution in [0.15, 0.2) is 18.5 Å². The maximum atomic E-state index is 5.41. The molecule has 0 saturated carbocycles. The average molecular weight is 265 g/mol. The minimum atomic E-state index is 0.330. The highest BCUT2D eigenvalue weighted by molar-refractivity contribution is 8.00.